The van der Waals surface area contributed by atoms with Crippen molar-refractivity contribution in [1.29, 1.82) is 5.26 Å². The summed E-state index contributed by atoms with van der Waals surface area (Å²) in [6.07, 6.45) is 8.34. The van der Waals surface area contributed by atoms with Crippen LogP contribution in [-0.4, -0.2) is 30.1 Å². The number of pyridine rings is 1. The normalized spacial score (nSPS) is 15.4. The molecule has 0 fully saturated rings. The molecule has 1 aliphatic carbocycles. The Labute approximate surface area is 173 Å². The van der Waals surface area contributed by atoms with E-state index in [4.69, 9.17) is 4.74 Å². The molecule has 2 aromatic heterocycles. The maximum Gasteiger partial charge on any atom is 0.407 e. The van der Waals surface area contributed by atoms with Crippen LogP contribution in [0.2, 0.25) is 0 Å². The molecule has 0 aliphatic heterocycles. The van der Waals surface area contributed by atoms with Crippen molar-refractivity contribution < 1.29 is 14.3 Å². The fourth-order valence-corrected chi connectivity index (χ4v) is 4.51. The number of carbonyl (C=O) groups excluding carboxylic acids is 2. The Hall–Kier alpha value is -3.18. The summed E-state index contributed by atoms with van der Waals surface area (Å²) < 4.78 is 5.24. The van der Waals surface area contributed by atoms with Crippen molar-refractivity contribution in [2.75, 3.05) is 18.5 Å². The van der Waals surface area contributed by atoms with Crippen LogP contribution in [0.3, 0.4) is 0 Å². The molecule has 1 atom stereocenters. The molecule has 2 amide bonds. The van der Waals surface area contributed by atoms with Gasteiger partial charge in [0, 0.05) is 29.9 Å². The number of amides is 2. The van der Waals surface area contributed by atoms with E-state index in [1.54, 1.807) is 24.5 Å². The average molecular weight is 410 g/mol. The molecule has 1 unspecified atom stereocenters. The summed E-state index contributed by atoms with van der Waals surface area (Å²) in [6.45, 7) is 2.72. The van der Waals surface area contributed by atoms with E-state index in [-0.39, 0.29) is 11.8 Å². The van der Waals surface area contributed by atoms with Crippen molar-refractivity contribution in [3.8, 4) is 6.07 Å². The zero-order valence-corrected chi connectivity index (χ0v) is 16.9. The smallest absolute Gasteiger partial charge is 0.407 e. The van der Waals surface area contributed by atoms with Crippen molar-refractivity contribution >= 4 is 34.4 Å². The summed E-state index contributed by atoms with van der Waals surface area (Å²) in [5.74, 6) is -0.0793. The van der Waals surface area contributed by atoms with Gasteiger partial charge in [-0.3, -0.25) is 9.78 Å². The number of rotatable bonds is 6. The fraction of sp³-hybridized carbons (Fsp3) is 0.333. The maximum atomic E-state index is 12.3. The van der Waals surface area contributed by atoms with E-state index >= 15 is 0 Å². The lowest BCUT2D eigenvalue weighted by Gasteiger charge is -2.21. The Morgan fingerprint density at radius 1 is 1.48 bits per heavy atom. The third-order valence-corrected chi connectivity index (χ3v) is 5.77. The topological polar surface area (TPSA) is 104 Å². The van der Waals surface area contributed by atoms with E-state index < -0.39 is 6.09 Å². The molecule has 8 heteroatoms. The third kappa shape index (κ3) is 5.42. The van der Waals surface area contributed by atoms with Gasteiger partial charge in [0.2, 0.25) is 5.91 Å². The number of hydrogen-bond acceptors (Lipinski definition) is 6. The molecular weight excluding hydrogens is 388 g/mol. The van der Waals surface area contributed by atoms with Crippen LogP contribution in [0, 0.1) is 17.2 Å². The van der Waals surface area contributed by atoms with Crippen LogP contribution in [0.1, 0.15) is 34.9 Å². The lowest BCUT2D eigenvalue weighted by molar-refractivity contribution is -0.111. The summed E-state index contributed by atoms with van der Waals surface area (Å²) >= 11 is 1.43. The van der Waals surface area contributed by atoms with Gasteiger partial charge in [-0.25, -0.2) is 4.79 Å². The van der Waals surface area contributed by atoms with Crippen LogP contribution in [-0.2, 0) is 22.4 Å². The van der Waals surface area contributed by atoms with Crippen LogP contribution in [0.25, 0.3) is 6.08 Å². The Morgan fingerprint density at radius 2 is 2.34 bits per heavy atom. The fourth-order valence-electron chi connectivity index (χ4n) is 3.19. The molecule has 2 heterocycles. The number of nitrogens with one attached hydrogen (secondary N) is 2. The van der Waals surface area contributed by atoms with E-state index in [0.29, 0.717) is 23.7 Å². The van der Waals surface area contributed by atoms with Gasteiger partial charge in [-0.05, 0) is 55.4 Å². The number of alkyl carbamates (subject to hydrolysis) is 1. The van der Waals surface area contributed by atoms with E-state index in [9.17, 15) is 14.9 Å². The highest BCUT2D eigenvalue weighted by Gasteiger charge is 2.27. The van der Waals surface area contributed by atoms with Gasteiger partial charge in [0.05, 0.1) is 12.2 Å². The molecule has 2 N–H and O–H groups in total. The first-order chi connectivity index (χ1) is 14.1. The molecule has 0 saturated carbocycles. The monoisotopic (exact) mass is 410 g/mol. The summed E-state index contributed by atoms with van der Waals surface area (Å²) in [6, 6.07) is 5.88. The summed E-state index contributed by atoms with van der Waals surface area (Å²) in [7, 11) is 0. The maximum absolute atomic E-state index is 12.3. The van der Waals surface area contributed by atoms with Crippen LogP contribution in [0.5, 0.6) is 0 Å². The first kappa shape index (κ1) is 20.6. The predicted octanol–water partition coefficient (Wildman–Crippen LogP) is 3.52. The van der Waals surface area contributed by atoms with Gasteiger partial charge in [0.15, 0.2) is 0 Å². The number of thiophene rings is 1. The van der Waals surface area contributed by atoms with Crippen molar-refractivity contribution in [3.63, 3.8) is 0 Å². The van der Waals surface area contributed by atoms with Gasteiger partial charge < -0.3 is 15.4 Å². The first-order valence-corrected chi connectivity index (χ1v) is 10.3. The number of hydrogen-bond donors (Lipinski definition) is 2. The number of carbonyl (C=O) groups is 2. The second-order valence-corrected chi connectivity index (χ2v) is 7.77. The van der Waals surface area contributed by atoms with Crippen LogP contribution >= 0.6 is 11.3 Å². The standard InChI is InChI=1S/C21H22N4O3S/c1-2-24-21(27)28-13-15-5-7-16-17(11-22)20(29-18(16)10-15)25-19(26)8-6-14-4-3-9-23-12-14/h3-4,6,8-9,12,15H,2,5,7,10,13H2,1H3,(H,24,27)(H,25,26)/b8-6+. The molecule has 0 saturated heterocycles. The number of anilines is 1. The second kappa shape index (κ2) is 9.85. The Morgan fingerprint density at radius 3 is 3.07 bits per heavy atom. The minimum Gasteiger partial charge on any atom is -0.449 e. The molecule has 1 aliphatic rings. The van der Waals surface area contributed by atoms with Crippen molar-refractivity contribution in [1.82, 2.24) is 10.3 Å². The molecule has 2 aromatic rings. The molecular formula is C21H22N4O3S. The van der Waals surface area contributed by atoms with Gasteiger partial charge in [-0.2, -0.15) is 5.26 Å². The lowest BCUT2D eigenvalue weighted by Crippen LogP contribution is -2.27. The minimum absolute atomic E-state index is 0.212. The molecule has 7 nitrogen and oxygen atoms in total. The largest absolute Gasteiger partial charge is 0.449 e. The first-order valence-electron chi connectivity index (χ1n) is 9.45. The zero-order chi connectivity index (χ0) is 20.6. The molecule has 29 heavy (non-hydrogen) atoms. The summed E-state index contributed by atoms with van der Waals surface area (Å²) in [5.41, 5.74) is 2.36. The number of aromatic nitrogens is 1. The molecule has 0 aromatic carbocycles. The predicted molar refractivity (Wildman–Crippen MR) is 111 cm³/mol. The number of nitrogens with zero attached hydrogens (tertiary/aromatic N) is 2. The van der Waals surface area contributed by atoms with E-state index in [2.05, 4.69) is 21.7 Å². The summed E-state index contributed by atoms with van der Waals surface area (Å²) in [4.78, 5) is 28.8. The van der Waals surface area contributed by atoms with Gasteiger partial charge in [0.25, 0.3) is 0 Å². The van der Waals surface area contributed by atoms with Gasteiger partial charge in [0.1, 0.15) is 11.1 Å². The van der Waals surface area contributed by atoms with Gasteiger partial charge in [-0.15, -0.1) is 11.3 Å². The number of fused-ring (bicyclic) bond motifs is 1. The SMILES string of the molecule is CCNC(=O)OCC1CCc2c(sc(NC(=O)/C=C/c3cccnc3)c2C#N)C1. The van der Waals surface area contributed by atoms with Crippen molar-refractivity contribution in [2.24, 2.45) is 5.92 Å². The van der Waals surface area contributed by atoms with Crippen molar-refractivity contribution in [2.45, 2.75) is 26.2 Å². The van der Waals surface area contributed by atoms with Crippen LogP contribution in [0.4, 0.5) is 9.80 Å². The summed E-state index contributed by atoms with van der Waals surface area (Å²) in [5, 5.41) is 15.6. The Kier molecular flexibility index (Phi) is 6.98. The third-order valence-electron chi connectivity index (χ3n) is 4.60. The highest BCUT2D eigenvalue weighted by atomic mass is 32.1. The van der Waals surface area contributed by atoms with Crippen molar-refractivity contribution in [3.05, 3.63) is 52.2 Å². The van der Waals surface area contributed by atoms with E-state index in [1.807, 2.05) is 13.0 Å². The Balaban J connectivity index is 1.65. The lowest BCUT2D eigenvalue weighted by atomic mass is 9.88. The minimum atomic E-state index is -0.407. The van der Waals surface area contributed by atoms with Gasteiger partial charge >= 0.3 is 6.09 Å². The zero-order valence-electron chi connectivity index (χ0n) is 16.1. The molecule has 0 bridgehead atoms. The molecule has 3 rings (SSSR count). The molecule has 0 spiro atoms. The molecule has 150 valence electrons. The van der Waals surface area contributed by atoms with Crippen LogP contribution < -0.4 is 10.6 Å². The second-order valence-electron chi connectivity index (χ2n) is 6.67. The highest BCUT2D eigenvalue weighted by Crippen LogP contribution is 2.39. The number of nitriles is 1. The quantitative estimate of drug-likeness (QED) is 0.709. The van der Waals surface area contributed by atoms with Crippen LogP contribution in [0.15, 0.2) is 30.6 Å². The van der Waals surface area contributed by atoms with E-state index in [1.165, 1.54) is 17.4 Å². The Bertz CT molecular complexity index is 947. The highest BCUT2D eigenvalue weighted by molar-refractivity contribution is 7.16. The van der Waals surface area contributed by atoms with E-state index in [0.717, 1.165) is 35.3 Å². The number of ether oxygens (including phenoxy) is 1. The average Bonchev–Trinajstić information content (AvgIpc) is 3.07. The molecule has 0 radical (unpaired) electrons. The van der Waals surface area contributed by atoms with Gasteiger partial charge in [-0.1, -0.05) is 6.07 Å².